The van der Waals surface area contributed by atoms with Crippen molar-refractivity contribution >= 4 is 32.6 Å². The number of likely N-dealkylation sites (tertiary alicyclic amines) is 1. The Morgan fingerprint density at radius 1 is 1.24 bits per heavy atom. The molecule has 0 aliphatic carbocycles. The molecule has 2 heterocycles. The van der Waals surface area contributed by atoms with E-state index in [1.807, 2.05) is 24.4 Å². The molecule has 1 fully saturated rings. The van der Waals surface area contributed by atoms with Crippen LogP contribution in [0.2, 0.25) is 0 Å². The van der Waals surface area contributed by atoms with Gasteiger partial charge in [-0.1, -0.05) is 0 Å². The number of carbonyl (C=O) groups excluding carboxylic acids is 2. The molecule has 1 aliphatic heterocycles. The molecular weight excluding hydrogens is 342 g/mol. The summed E-state index contributed by atoms with van der Waals surface area (Å²) in [5.74, 6) is -1.09. The van der Waals surface area contributed by atoms with E-state index >= 15 is 0 Å². The summed E-state index contributed by atoms with van der Waals surface area (Å²) in [6, 6.07) is 7.38. The van der Waals surface area contributed by atoms with E-state index in [0.717, 1.165) is 10.9 Å². The number of nitrogens with zero attached hydrogens (tertiary/aromatic N) is 1. The van der Waals surface area contributed by atoms with Gasteiger partial charge in [0.05, 0.1) is 5.25 Å². The molecule has 0 bridgehead atoms. The molecule has 2 N–H and O–H groups in total. The Labute approximate surface area is 146 Å². The van der Waals surface area contributed by atoms with Crippen LogP contribution in [0.5, 0.6) is 0 Å². The molecule has 0 spiro atoms. The fraction of sp³-hybridized carbons (Fsp3) is 0.412. The Hall–Kier alpha value is -2.35. The van der Waals surface area contributed by atoms with Crippen LogP contribution < -0.4 is 5.32 Å². The number of hydrogen-bond acceptors (Lipinski definition) is 4. The highest BCUT2D eigenvalue weighted by Crippen LogP contribution is 2.22. The minimum absolute atomic E-state index is 0.0924. The molecule has 7 nitrogen and oxygen atoms in total. The number of H-pyrrole nitrogens is 1. The van der Waals surface area contributed by atoms with Gasteiger partial charge < -0.3 is 15.2 Å². The topological polar surface area (TPSA) is 99.3 Å². The molecule has 8 heteroatoms. The number of amides is 2. The van der Waals surface area contributed by atoms with Crippen LogP contribution in [0.25, 0.3) is 10.9 Å². The van der Waals surface area contributed by atoms with E-state index in [1.54, 1.807) is 11.0 Å². The number of carbonyl (C=O) groups is 2. The molecule has 0 unspecified atom stereocenters. The van der Waals surface area contributed by atoms with Gasteiger partial charge >= 0.3 is 0 Å². The van der Waals surface area contributed by atoms with Gasteiger partial charge in [0.15, 0.2) is 9.84 Å². The molecule has 2 amide bonds. The van der Waals surface area contributed by atoms with E-state index in [1.165, 1.54) is 7.05 Å². The van der Waals surface area contributed by atoms with Crippen molar-refractivity contribution in [1.82, 2.24) is 15.2 Å². The maximum Gasteiger partial charge on any atom is 0.253 e. The van der Waals surface area contributed by atoms with Gasteiger partial charge in [0.1, 0.15) is 5.75 Å². The standard InChI is InChI=1S/C17H21N3O4S/c1-18-16(21)11-25(23,24)14-5-8-20(9-6-14)17(22)13-2-3-15-12(10-13)4-7-19-15/h2-4,7,10,14,19H,5-6,8-9,11H2,1H3,(H,18,21). The van der Waals surface area contributed by atoms with Crippen LogP contribution >= 0.6 is 0 Å². The fourth-order valence-electron chi connectivity index (χ4n) is 3.16. The van der Waals surface area contributed by atoms with Crippen LogP contribution in [0, 0.1) is 0 Å². The lowest BCUT2D eigenvalue weighted by atomic mass is 10.1. The number of nitrogens with one attached hydrogen (secondary N) is 2. The first kappa shape index (κ1) is 17.5. The maximum absolute atomic E-state index is 12.6. The Morgan fingerprint density at radius 2 is 1.96 bits per heavy atom. The highest BCUT2D eigenvalue weighted by Gasteiger charge is 2.33. The summed E-state index contributed by atoms with van der Waals surface area (Å²) in [4.78, 5) is 28.8. The summed E-state index contributed by atoms with van der Waals surface area (Å²) < 4.78 is 24.5. The molecule has 1 aromatic carbocycles. The van der Waals surface area contributed by atoms with Crippen molar-refractivity contribution in [3.05, 3.63) is 36.0 Å². The first-order valence-electron chi connectivity index (χ1n) is 8.19. The zero-order chi connectivity index (χ0) is 18.0. The number of rotatable bonds is 4. The average Bonchev–Trinajstić information content (AvgIpc) is 3.08. The second-order valence-electron chi connectivity index (χ2n) is 6.25. The number of aromatic amines is 1. The quantitative estimate of drug-likeness (QED) is 0.844. The Kier molecular flexibility index (Phi) is 4.80. The third-order valence-electron chi connectivity index (χ3n) is 4.65. The maximum atomic E-state index is 12.6. The zero-order valence-corrected chi connectivity index (χ0v) is 14.8. The van der Waals surface area contributed by atoms with Gasteiger partial charge in [-0.2, -0.15) is 0 Å². The van der Waals surface area contributed by atoms with Crippen molar-refractivity contribution in [3.63, 3.8) is 0 Å². The summed E-state index contributed by atoms with van der Waals surface area (Å²) >= 11 is 0. The molecule has 2 aromatic rings. The van der Waals surface area contributed by atoms with Gasteiger partial charge in [0.2, 0.25) is 5.91 Å². The predicted molar refractivity (Wildman–Crippen MR) is 95.1 cm³/mol. The van der Waals surface area contributed by atoms with Crippen LogP contribution in [0.3, 0.4) is 0 Å². The number of piperidine rings is 1. The molecule has 1 saturated heterocycles. The minimum atomic E-state index is -3.48. The third kappa shape index (κ3) is 3.68. The number of aromatic nitrogens is 1. The second kappa shape index (κ2) is 6.87. The summed E-state index contributed by atoms with van der Waals surface area (Å²) in [6.07, 6.45) is 2.54. The molecule has 3 rings (SSSR count). The van der Waals surface area contributed by atoms with Crippen molar-refractivity contribution in [2.75, 3.05) is 25.9 Å². The van der Waals surface area contributed by atoms with Crippen LogP contribution in [-0.2, 0) is 14.6 Å². The Balaban J connectivity index is 1.65. The normalized spacial score (nSPS) is 16.1. The molecule has 0 saturated carbocycles. The Morgan fingerprint density at radius 3 is 2.64 bits per heavy atom. The van der Waals surface area contributed by atoms with Crippen molar-refractivity contribution in [3.8, 4) is 0 Å². The predicted octanol–water partition coefficient (Wildman–Crippen LogP) is 0.933. The summed E-state index contributed by atoms with van der Waals surface area (Å²) in [5.41, 5.74) is 1.56. The SMILES string of the molecule is CNC(=O)CS(=O)(=O)C1CCN(C(=O)c2ccc3[nH]ccc3c2)CC1. The summed E-state index contributed by atoms with van der Waals surface area (Å²) in [6.45, 7) is 0.753. The van der Waals surface area contributed by atoms with Gasteiger partial charge in [0.25, 0.3) is 5.91 Å². The van der Waals surface area contributed by atoms with Crippen LogP contribution in [0.4, 0.5) is 0 Å². The fourth-order valence-corrected chi connectivity index (χ4v) is 4.83. The first-order chi connectivity index (χ1) is 11.9. The van der Waals surface area contributed by atoms with Gasteiger partial charge in [-0.05, 0) is 37.1 Å². The lowest BCUT2D eigenvalue weighted by Crippen LogP contribution is -2.44. The van der Waals surface area contributed by atoms with E-state index in [9.17, 15) is 18.0 Å². The second-order valence-corrected chi connectivity index (χ2v) is 8.53. The first-order valence-corrected chi connectivity index (χ1v) is 9.91. The lowest BCUT2D eigenvalue weighted by molar-refractivity contribution is -0.118. The molecule has 0 radical (unpaired) electrons. The molecular formula is C17H21N3O4S. The van der Waals surface area contributed by atoms with Crippen LogP contribution in [0.15, 0.2) is 30.5 Å². The third-order valence-corrected chi connectivity index (χ3v) is 6.80. The monoisotopic (exact) mass is 363 g/mol. The van der Waals surface area contributed by atoms with Crippen molar-refractivity contribution in [2.24, 2.45) is 0 Å². The summed E-state index contributed by atoms with van der Waals surface area (Å²) in [5, 5.41) is 2.73. The van der Waals surface area contributed by atoms with E-state index < -0.39 is 26.7 Å². The molecule has 1 aromatic heterocycles. The molecule has 0 atom stereocenters. The van der Waals surface area contributed by atoms with E-state index in [-0.39, 0.29) is 5.91 Å². The van der Waals surface area contributed by atoms with Gasteiger partial charge in [-0.15, -0.1) is 0 Å². The molecule has 1 aliphatic rings. The lowest BCUT2D eigenvalue weighted by Gasteiger charge is -2.31. The molecule has 134 valence electrons. The average molecular weight is 363 g/mol. The zero-order valence-electron chi connectivity index (χ0n) is 14.0. The van der Waals surface area contributed by atoms with E-state index in [2.05, 4.69) is 10.3 Å². The smallest absolute Gasteiger partial charge is 0.253 e. The van der Waals surface area contributed by atoms with Crippen molar-refractivity contribution in [1.29, 1.82) is 0 Å². The van der Waals surface area contributed by atoms with Gasteiger partial charge in [-0.3, -0.25) is 9.59 Å². The highest BCUT2D eigenvalue weighted by molar-refractivity contribution is 7.92. The number of fused-ring (bicyclic) bond motifs is 1. The van der Waals surface area contributed by atoms with E-state index in [0.29, 0.717) is 31.5 Å². The van der Waals surface area contributed by atoms with Crippen molar-refractivity contribution in [2.45, 2.75) is 18.1 Å². The van der Waals surface area contributed by atoms with Gasteiger partial charge in [-0.25, -0.2) is 8.42 Å². The number of benzene rings is 1. The summed E-state index contributed by atoms with van der Waals surface area (Å²) in [7, 11) is -2.07. The van der Waals surface area contributed by atoms with Crippen LogP contribution in [-0.4, -0.2) is 61.3 Å². The number of hydrogen-bond donors (Lipinski definition) is 2. The van der Waals surface area contributed by atoms with Crippen molar-refractivity contribution < 1.29 is 18.0 Å². The highest BCUT2D eigenvalue weighted by atomic mass is 32.2. The van der Waals surface area contributed by atoms with Gasteiger partial charge in [0, 0.05) is 42.8 Å². The Bertz CT molecular complexity index is 896. The molecule has 25 heavy (non-hydrogen) atoms. The van der Waals surface area contributed by atoms with E-state index in [4.69, 9.17) is 0 Å². The largest absolute Gasteiger partial charge is 0.361 e. The number of sulfone groups is 1. The van der Waals surface area contributed by atoms with Crippen LogP contribution in [0.1, 0.15) is 23.2 Å². The minimum Gasteiger partial charge on any atom is -0.361 e.